The highest BCUT2D eigenvalue weighted by Gasteiger charge is 2.36. The summed E-state index contributed by atoms with van der Waals surface area (Å²) in [5, 5.41) is 0. The van der Waals surface area contributed by atoms with E-state index in [-0.39, 0.29) is 0 Å². The zero-order valence-corrected chi connectivity index (χ0v) is 11.9. The van der Waals surface area contributed by atoms with E-state index in [0.717, 1.165) is 31.1 Å². The Hall–Kier alpha value is -0.670. The van der Waals surface area contributed by atoms with E-state index in [0.29, 0.717) is 5.41 Å². The molecule has 3 heteroatoms. The van der Waals surface area contributed by atoms with Crippen LogP contribution < -0.4 is 4.74 Å². The van der Waals surface area contributed by atoms with Crippen LogP contribution in [0.5, 0.6) is 5.75 Å². The average molecular weight is 266 g/mol. The van der Waals surface area contributed by atoms with Gasteiger partial charge in [-0.05, 0) is 42.7 Å². The van der Waals surface area contributed by atoms with Crippen molar-refractivity contribution >= 4 is 12.6 Å². The molecule has 0 unspecified atom stereocenters. The molecule has 1 fully saturated rings. The molecule has 18 heavy (non-hydrogen) atoms. The van der Waals surface area contributed by atoms with Crippen molar-refractivity contribution in [1.29, 1.82) is 0 Å². The average Bonchev–Trinajstić information content (AvgIpc) is 2.37. The topological polar surface area (TPSA) is 18.5 Å². The van der Waals surface area contributed by atoms with E-state index in [2.05, 4.69) is 36.9 Å². The summed E-state index contributed by atoms with van der Waals surface area (Å²) in [6.07, 6.45) is 4.78. The van der Waals surface area contributed by atoms with E-state index in [1.807, 2.05) is 0 Å². The Bertz CT molecular complexity index is 352. The van der Waals surface area contributed by atoms with Gasteiger partial charge in [0.05, 0.1) is 13.2 Å². The van der Waals surface area contributed by atoms with Gasteiger partial charge in [0.25, 0.3) is 0 Å². The molecule has 100 valence electrons. The van der Waals surface area contributed by atoms with Crippen LogP contribution in [0.3, 0.4) is 0 Å². The first-order valence-corrected chi connectivity index (χ1v) is 7.23. The maximum Gasteiger partial charge on any atom is 0.119 e. The van der Waals surface area contributed by atoms with Crippen LogP contribution in [0.1, 0.15) is 24.8 Å². The third-order valence-corrected chi connectivity index (χ3v) is 4.48. The molecule has 0 saturated heterocycles. The van der Waals surface area contributed by atoms with Gasteiger partial charge < -0.3 is 9.47 Å². The number of ether oxygens (including phenoxy) is 2. The number of hydrogen-bond donors (Lipinski definition) is 1. The number of benzene rings is 1. The van der Waals surface area contributed by atoms with Crippen molar-refractivity contribution in [3.63, 3.8) is 0 Å². The SMILES string of the molecule is COCCc1ccc(OCC2(CS)CCC2)cc1. The Morgan fingerprint density at radius 3 is 2.44 bits per heavy atom. The molecule has 0 heterocycles. The molecular weight excluding hydrogens is 244 g/mol. The van der Waals surface area contributed by atoms with E-state index in [9.17, 15) is 0 Å². The lowest BCUT2D eigenvalue weighted by Gasteiger charge is -2.40. The van der Waals surface area contributed by atoms with Crippen LogP contribution in [0.4, 0.5) is 0 Å². The van der Waals surface area contributed by atoms with E-state index in [4.69, 9.17) is 9.47 Å². The molecule has 1 aromatic rings. The summed E-state index contributed by atoms with van der Waals surface area (Å²) in [6, 6.07) is 8.33. The largest absolute Gasteiger partial charge is 0.493 e. The molecule has 0 radical (unpaired) electrons. The highest BCUT2D eigenvalue weighted by molar-refractivity contribution is 7.80. The molecule has 0 aromatic heterocycles. The van der Waals surface area contributed by atoms with Gasteiger partial charge in [0.15, 0.2) is 0 Å². The fourth-order valence-electron chi connectivity index (χ4n) is 2.23. The predicted octanol–water partition coefficient (Wildman–Crippen LogP) is 3.35. The lowest BCUT2D eigenvalue weighted by Crippen LogP contribution is -2.37. The van der Waals surface area contributed by atoms with Gasteiger partial charge in [0.1, 0.15) is 5.75 Å². The minimum atomic E-state index is 0.331. The highest BCUT2D eigenvalue weighted by atomic mass is 32.1. The van der Waals surface area contributed by atoms with Crippen LogP contribution in [0.2, 0.25) is 0 Å². The van der Waals surface area contributed by atoms with Crippen LogP contribution in [0.15, 0.2) is 24.3 Å². The molecule has 1 aromatic carbocycles. The smallest absolute Gasteiger partial charge is 0.119 e. The number of rotatable bonds is 7. The maximum atomic E-state index is 5.88. The zero-order chi connectivity index (χ0) is 12.8. The molecule has 2 rings (SSSR count). The van der Waals surface area contributed by atoms with Gasteiger partial charge in [-0.3, -0.25) is 0 Å². The maximum absolute atomic E-state index is 5.88. The summed E-state index contributed by atoms with van der Waals surface area (Å²) in [5.41, 5.74) is 1.62. The van der Waals surface area contributed by atoms with Crippen LogP contribution in [-0.4, -0.2) is 26.1 Å². The van der Waals surface area contributed by atoms with Gasteiger partial charge in [0, 0.05) is 12.5 Å². The van der Waals surface area contributed by atoms with Crippen LogP contribution in [-0.2, 0) is 11.2 Å². The van der Waals surface area contributed by atoms with Gasteiger partial charge in [-0.1, -0.05) is 18.6 Å². The summed E-state index contributed by atoms with van der Waals surface area (Å²) in [7, 11) is 1.73. The fraction of sp³-hybridized carbons (Fsp3) is 0.600. The van der Waals surface area contributed by atoms with Gasteiger partial charge in [-0.15, -0.1) is 0 Å². The Kier molecular flexibility index (Phi) is 4.95. The Morgan fingerprint density at radius 1 is 1.22 bits per heavy atom. The number of methoxy groups -OCH3 is 1. The molecule has 0 spiro atoms. The lowest BCUT2D eigenvalue weighted by atomic mass is 9.71. The van der Waals surface area contributed by atoms with Gasteiger partial charge in [0.2, 0.25) is 0 Å². The van der Waals surface area contributed by atoms with E-state index < -0.39 is 0 Å². The second kappa shape index (κ2) is 6.48. The summed E-state index contributed by atoms with van der Waals surface area (Å²) >= 11 is 4.44. The summed E-state index contributed by atoms with van der Waals surface area (Å²) < 4.78 is 10.9. The van der Waals surface area contributed by atoms with Crippen molar-refractivity contribution in [3.05, 3.63) is 29.8 Å². The third-order valence-electron chi connectivity index (χ3n) is 3.81. The molecular formula is C15H22O2S. The predicted molar refractivity (Wildman–Crippen MR) is 77.7 cm³/mol. The highest BCUT2D eigenvalue weighted by Crippen LogP contribution is 2.42. The molecule has 0 N–H and O–H groups in total. The summed E-state index contributed by atoms with van der Waals surface area (Å²) in [5.74, 6) is 1.89. The van der Waals surface area contributed by atoms with Crippen molar-refractivity contribution in [2.75, 3.05) is 26.1 Å². The normalized spacial score (nSPS) is 17.2. The molecule has 0 aliphatic heterocycles. The van der Waals surface area contributed by atoms with Crippen molar-refractivity contribution in [1.82, 2.24) is 0 Å². The first kappa shape index (κ1) is 13.8. The standard InChI is InChI=1S/C15H22O2S/c1-16-10-7-13-3-5-14(6-4-13)17-11-15(12-18)8-2-9-15/h3-6,18H,2,7-12H2,1H3. The number of hydrogen-bond acceptors (Lipinski definition) is 3. The zero-order valence-electron chi connectivity index (χ0n) is 11.0. The summed E-state index contributed by atoms with van der Waals surface area (Å²) in [4.78, 5) is 0. The van der Waals surface area contributed by atoms with E-state index in [1.165, 1.54) is 24.8 Å². The monoisotopic (exact) mass is 266 g/mol. The second-order valence-corrected chi connectivity index (χ2v) is 5.50. The quantitative estimate of drug-likeness (QED) is 0.763. The molecule has 1 aliphatic carbocycles. The third kappa shape index (κ3) is 3.42. The Labute approximate surface area is 115 Å². The fourth-order valence-corrected chi connectivity index (χ4v) is 2.64. The molecule has 0 amide bonds. The van der Waals surface area contributed by atoms with E-state index >= 15 is 0 Å². The van der Waals surface area contributed by atoms with E-state index in [1.54, 1.807) is 7.11 Å². The molecule has 0 atom stereocenters. The van der Waals surface area contributed by atoms with Crippen molar-refractivity contribution in [2.45, 2.75) is 25.7 Å². The molecule has 1 aliphatic rings. The minimum absolute atomic E-state index is 0.331. The van der Waals surface area contributed by atoms with Crippen LogP contribution >= 0.6 is 12.6 Å². The van der Waals surface area contributed by atoms with Crippen molar-refractivity contribution in [2.24, 2.45) is 5.41 Å². The molecule has 0 bridgehead atoms. The minimum Gasteiger partial charge on any atom is -0.493 e. The first-order valence-electron chi connectivity index (χ1n) is 6.60. The Balaban J connectivity index is 1.82. The Morgan fingerprint density at radius 2 is 1.94 bits per heavy atom. The van der Waals surface area contributed by atoms with Crippen molar-refractivity contribution < 1.29 is 9.47 Å². The second-order valence-electron chi connectivity index (χ2n) is 5.19. The number of thiol groups is 1. The lowest BCUT2D eigenvalue weighted by molar-refractivity contribution is 0.0829. The molecule has 2 nitrogen and oxygen atoms in total. The first-order chi connectivity index (χ1) is 8.78. The van der Waals surface area contributed by atoms with Gasteiger partial charge in [-0.25, -0.2) is 0 Å². The van der Waals surface area contributed by atoms with Crippen LogP contribution in [0, 0.1) is 5.41 Å². The van der Waals surface area contributed by atoms with Gasteiger partial charge in [-0.2, -0.15) is 12.6 Å². The van der Waals surface area contributed by atoms with Crippen molar-refractivity contribution in [3.8, 4) is 5.75 Å². The van der Waals surface area contributed by atoms with Crippen LogP contribution in [0.25, 0.3) is 0 Å². The molecule has 1 saturated carbocycles. The summed E-state index contributed by atoms with van der Waals surface area (Å²) in [6.45, 7) is 1.57. The van der Waals surface area contributed by atoms with Gasteiger partial charge >= 0.3 is 0 Å².